The number of thioether (sulfide) groups is 1. The average Bonchev–Trinajstić information content (AvgIpc) is 3.07. The molecule has 0 N–H and O–H groups in total. The van der Waals surface area contributed by atoms with E-state index in [1.54, 1.807) is 24.3 Å². The highest BCUT2D eigenvalue weighted by atomic mass is 79.9. The molecule has 0 aromatic heterocycles. The Morgan fingerprint density at radius 3 is 2.44 bits per heavy atom. The molecule has 5 nitrogen and oxygen atoms in total. The van der Waals surface area contributed by atoms with Crippen LogP contribution in [-0.4, -0.2) is 42.3 Å². The van der Waals surface area contributed by atoms with Crippen LogP contribution in [0.3, 0.4) is 0 Å². The van der Waals surface area contributed by atoms with Gasteiger partial charge in [0.1, 0.15) is 0 Å². The lowest BCUT2D eigenvalue weighted by Gasteiger charge is -2.24. The number of amides is 1. The van der Waals surface area contributed by atoms with Gasteiger partial charge in [-0.05, 0) is 43.3 Å². The van der Waals surface area contributed by atoms with E-state index < -0.39 is 9.84 Å². The maximum absolute atomic E-state index is 12.6. The lowest BCUT2D eigenvalue weighted by molar-refractivity contribution is 0.100. The zero-order valence-corrected chi connectivity index (χ0v) is 17.7. The molecule has 2 heterocycles. The van der Waals surface area contributed by atoms with Gasteiger partial charge in [-0.15, -0.1) is 0 Å². The first-order valence-electron chi connectivity index (χ1n) is 8.44. The first kappa shape index (κ1) is 18.7. The highest BCUT2D eigenvalue weighted by Gasteiger charge is 2.49. The number of aryl methyl sites for hydroxylation is 1. The van der Waals surface area contributed by atoms with Crippen LogP contribution in [0.1, 0.15) is 15.9 Å². The molecule has 2 aromatic carbocycles. The summed E-state index contributed by atoms with van der Waals surface area (Å²) < 4.78 is 25.1. The first-order chi connectivity index (χ1) is 12.8. The molecule has 2 saturated heterocycles. The second-order valence-corrected chi connectivity index (χ2v) is 11.0. The molecule has 2 aliphatic rings. The quantitative estimate of drug-likeness (QED) is 0.677. The second kappa shape index (κ2) is 7.07. The zero-order valence-electron chi connectivity index (χ0n) is 14.5. The van der Waals surface area contributed by atoms with E-state index in [0.29, 0.717) is 10.7 Å². The maximum Gasteiger partial charge on any atom is 0.279 e. The lowest BCUT2D eigenvalue weighted by atomic mass is 10.1. The molecule has 2 atom stereocenters. The predicted octanol–water partition coefficient (Wildman–Crippen LogP) is 3.67. The molecule has 4 rings (SSSR count). The second-order valence-electron chi connectivity index (χ2n) is 6.71. The van der Waals surface area contributed by atoms with E-state index >= 15 is 0 Å². The van der Waals surface area contributed by atoms with Crippen LogP contribution < -0.4 is 4.90 Å². The van der Waals surface area contributed by atoms with Gasteiger partial charge in [-0.25, -0.2) is 8.42 Å². The molecule has 0 bridgehead atoms. The molecule has 2 fully saturated rings. The van der Waals surface area contributed by atoms with Crippen molar-refractivity contribution in [2.24, 2.45) is 4.99 Å². The molecule has 27 heavy (non-hydrogen) atoms. The molecule has 0 saturated carbocycles. The monoisotopic (exact) mass is 464 g/mol. The number of carbonyl (C=O) groups excluding carboxylic acids is 1. The summed E-state index contributed by atoms with van der Waals surface area (Å²) in [5, 5.41) is 0.462. The molecule has 0 spiro atoms. The van der Waals surface area contributed by atoms with E-state index in [0.717, 1.165) is 15.7 Å². The van der Waals surface area contributed by atoms with E-state index in [-0.39, 0.29) is 28.7 Å². The number of sulfone groups is 1. The number of anilines is 1. The van der Waals surface area contributed by atoms with Crippen LogP contribution in [0.25, 0.3) is 0 Å². The summed E-state index contributed by atoms with van der Waals surface area (Å²) in [5.41, 5.74) is 2.48. The zero-order chi connectivity index (χ0) is 19.2. The third-order valence-electron chi connectivity index (χ3n) is 4.67. The molecule has 1 amide bonds. The number of benzene rings is 2. The van der Waals surface area contributed by atoms with E-state index in [1.807, 2.05) is 36.1 Å². The van der Waals surface area contributed by atoms with Crippen molar-refractivity contribution >= 4 is 54.3 Å². The van der Waals surface area contributed by atoms with Crippen molar-refractivity contribution < 1.29 is 13.2 Å². The topological polar surface area (TPSA) is 66.8 Å². The molecular weight excluding hydrogens is 448 g/mol. The normalized spacial score (nSPS) is 25.0. The van der Waals surface area contributed by atoms with Gasteiger partial charge in [-0.2, -0.15) is 4.99 Å². The van der Waals surface area contributed by atoms with E-state index in [1.165, 1.54) is 11.8 Å². The van der Waals surface area contributed by atoms with Gasteiger partial charge in [-0.1, -0.05) is 45.4 Å². The molecule has 0 aliphatic carbocycles. The number of aliphatic imine (C=N–C) groups is 1. The van der Waals surface area contributed by atoms with Crippen LogP contribution in [0.15, 0.2) is 58.0 Å². The highest BCUT2D eigenvalue weighted by molar-refractivity contribution is 9.10. The van der Waals surface area contributed by atoms with Gasteiger partial charge in [0.25, 0.3) is 5.91 Å². The van der Waals surface area contributed by atoms with Crippen LogP contribution in [0, 0.1) is 6.92 Å². The van der Waals surface area contributed by atoms with Crippen LogP contribution in [0.2, 0.25) is 0 Å². The maximum atomic E-state index is 12.6. The molecule has 2 aliphatic heterocycles. The molecule has 0 unspecified atom stereocenters. The third-order valence-corrected chi connectivity index (χ3v) is 8.41. The minimum Gasteiger partial charge on any atom is -0.316 e. The molecule has 140 valence electrons. The number of carbonyl (C=O) groups is 1. The Morgan fingerprint density at radius 2 is 1.78 bits per heavy atom. The van der Waals surface area contributed by atoms with Gasteiger partial charge in [0.15, 0.2) is 15.0 Å². The van der Waals surface area contributed by atoms with Crippen molar-refractivity contribution in [2.75, 3.05) is 16.4 Å². The largest absolute Gasteiger partial charge is 0.316 e. The molecular formula is C19H17BrN2O3S2. The fourth-order valence-corrected chi connectivity index (χ4v) is 7.49. The first-order valence-corrected chi connectivity index (χ1v) is 11.9. The predicted molar refractivity (Wildman–Crippen MR) is 113 cm³/mol. The standard InChI is InChI=1S/C19H17BrN2O3S2/c1-12-2-8-15(9-3-12)22-16-10-27(24,25)11-17(16)26-19(22)21-18(23)13-4-6-14(20)7-5-13/h2-9,16-17H,10-11H2,1H3/t16-,17+/m1/s1. The van der Waals surface area contributed by atoms with Gasteiger partial charge in [0.05, 0.1) is 17.5 Å². The van der Waals surface area contributed by atoms with Crippen molar-refractivity contribution in [1.29, 1.82) is 0 Å². The Labute approximate surface area is 170 Å². The Hall–Kier alpha value is -1.64. The van der Waals surface area contributed by atoms with E-state index in [2.05, 4.69) is 20.9 Å². The van der Waals surface area contributed by atoms with Crippen molar-refractivity contribution in [1.82, 2.24) is 0 Å². The van der Waals surface area contributed by atoms with E-state index in [9.17, 15) is 13.2 Å². The van der Waals surface area contributed by atoms with Gasteiger partial charge >= 0.3 is 0 Å². The van der Waals surface area contributed by atoms with Crippen LogP contribution in [-0.2, 0) is 9.84 Å². The SMILES string of the molecule is Cc1ccc(N2C(=NC(=O)c3ccc(Br)cc3)S[C@H]3CS(=O)(=O)C[C@H]32)cc1. The van der Waals surface area contributed by atoms with Crippen LogP contribution in [0.5, 0.6) is 0 Å². The Balaban J connectivity index is 1.71. The summed E-state index contributed by atoms with van der Waals surface area (Å²) >= 11 is 4.74. The molecule has 0 radical (unpaired) electrons. The Kier molecular flexibility index (Phi) is 4.90. The summed E-state index contributed by atoms with van der Waals surface area (Å²) in [4.78, 5) is 18.9. The van der Waals surface area contributed by atoms with Gasteiger partial charge in [0.2, 0.25) is 0 Å². The summed E-state index contributed by atoms with van der Waals surface area (Å²) in [6.07, 6.45) is 0. The minimum absolute atomic E-state index is 0.0873. The van der Waals surface area contributed by atoms with Crippen molar-refractivity contribution in [3.05, 3.63) is 64.1 Å². The lowest BCUT2D eigenvalue weighted by Crippen LogP contribution is -2.37. The Bertz CT molecular complexity index is 1020. The number of hydrogen-bond acceptors (Lipinski definition) is 4. The number of halogens is 1. The van der Waals surface area contributed by atoms with Crippen LogP contribution in [0.4, 0.5) is 5.69 Å². The number of nitrogens with zero attached hydrogens (tertiary/aromatic N) is 2. The third kappa shape index (κ3) is 3.83. The molecule has 2 aromatic rings. The number of amidine groups is 1. The Morgan fingerprint density at radius 1 is 1.11 bits per heavy atom. The van der Waals surface area contributed by atoms with Crippen molar-refractivity contribution in [2.45, 2.75) is 18.2 Å². The summed E-state index contributed by atoms with van der Waals surface area (Å²) in [5.74, 6) is -0.120. The van der Waals surface area contributed by atoms with Gasteiger partial charge in [-0.3, -0.25) is 4.79 Å². The highest BCUT2D eigenvalue weighted by Crippen LogP contribution is 2.41. The number of rotatable bonds is 2. The summed E-state index contributed by atoms with van der Waals surface area (Å²) in [7, 11) is -3.07. The van der Waals surface area contributed by atoms with Crippen LogP contribution >= 0.6 is 27.7 Å². The van der Waals surface area contributed by atoms with Gasteiger partial charge in [0, 0.05) is 21.0 Å². The summed E-state index contributed by atoms with van der Waals surface area (Å²) in [6.45, 7) is 2.00. The molecule has 8 heteroatoms. The fraction of sp³-hybridized carbons (Fsp3) is 0.263. The smallest absolute Gasteiger partial charge is 0.279 e. The van der Waals surface area contributed by atoms with E-state index in [4.69, 9.17) is 0 Å². The minimum atomic E-state index is -3.07. The van der Waals surface area contributed by atoms with Crippen molar-refractivity contribution in [3.63, 3.8) is 0 Å². The van der Waals surface area contributed by atoms with Gasteiger partial charge < -0.3 is 4.90 Å². The number of fused-ring (bicyclic) bond motifs is 1. The average molecular weight is 465 g/mol. The number of hydrogen-bond donors (Lipinski definition) is 0. The van der Waals surface area contributed by atoms with Crippen molar-refractivity contribution in [3.8, 4) is 0 Å². The fourth-order valence-electron chi connectivity index (χ4n) is 3.32. The summed E-state index contributed by atoms with van der Waals surface area (Å²) in [6, 6.07) is 14.7.